The molecule has 8 heteroatoms. The second-order valence-corrected chi connectivity index (χ2v) is 15.3. The zero-order chi connectivity index (χ0) is 38.5. The van der Waals surface area contributed by atoms with Crippen LogP contribution in [0.3, 0.4) is 0 Å². The molecule has 0 radical (unpaired) electrons. The summed E-state index contributed by atoms with van der Waals surface area (Å²) in [7, 11) is 5.51. The zero-order valence-corrected chi connectivity index (χ0v) is 34.3. The van der Waals surface area contributed by atoms with Crippen molar-refractivity contribution in [3.8, 4) is 0 Å². The second kappa shape index (κ2) is 35.6. The highest BCUT2D eigenvalue weighted by molar-refractivity contribution is 5.72. The van der Waals surface area contributed by atoms with Gasteiger partial charge in [0, 0.05) is 19.3 Å². The van der Waals surface area contributed by atoms with Gasteiger partial charge in [0.15, 0.2) is 12.1 Å². The Morgan fingerprint density at radius 3 is 1.60 bits per heavy atom. The summed E-state index contributed by atoms with van der Waals surface area (Å²) in [5.41, 5.74) is 0. The molecule has 0 aliphatic heterocycles. The van der Waals surface area contributed by atoms with Gasteiger partial charge in [0.05, 0.1) is 34.4 Å². The van der Waals surface area contributed by atoms with Crippen molar-refractivity contribution in [2.75, 3.05) is 41.0 Å². The number of carboxylic acids is 1. The maximum Gasteiger partial charge on any atom is 0.362 e. The van der Waals surface area contributed by atoms with Gasteiger partial charge in [-0.15, -0.1) is 0 Å². The number of carboxylic acid groups (broad SMARTS) is 1. The topological polar surface area (TPSA) is 99.1 Å². The van der Waals surface area contributed by atoms with Crippen LogP contribution in [0.2, 0.25) is 0 Å². The fourth-order valence-electron chi connectivity index (χ4n) is 5.97. The molecule has 2 atom stereocenters. The molecule has 0 spiro atoms. The number of carbonyl (C=O) groups excluding carboxylic acids is 2. The molecule has 1 N–H and O–H groups in total. The van der Waals surface area contributed by atoms with Gasteiger partial charge < -0.3 is 23.8 Å². The second-order valence-electron chi connectivity index (χ2n) is 15.3. The Labute approximate surface area is 319 Å². The van der Waals surface area contributed by atoms with Crippen LogP contribution in [0.15, 0.2) is 36.5 Å². The van der Waals surface area contributed by atoms with Crippen molar-refractivity contribution >= 4 is 17.9 Å². The Kier molecular flexibility index (Phi) is 33.9. The molecular weight excluding hydrogens is 654 g/mol. The smallest absolute Gasteiger partial charge is 0.362 e. The molecule has 0 aliphatic rings. The van der Waals surface area contributed by atoms with Gasteiger partial charge in [-0.2, -0.15) is 0 Å². The van der Waals surface area contributed by atoms with Gasteiger partial charge in [-0.05, 0) is 57.8 Å². The van der Waals surface area contributed by atoms with Crippen molar-refractivity contribution in [3.63, 3.8) is 0 Å². The van der Waals surface area contributed by atoms with Crippen LogP contribution in [-0.4, -0.2) is 80.6 Å². The van der Waals surface area contributed by atoms with E-state index in [1.807, 2.05) is 21.1 Å². The summed E-state index contributed by atoms with van der Waals surface area (Å²) < 4.78 is 17.2. The van der Waals surface area contributed by atoms with E-state index in [-0.39, 0.29) is 36.2 Å². The van der Waals surface area contributed by atoms with E-state index < -0.39 is 18.1 Å². The summed E-state index contributed by atoms with van der Waals surface area (Å²) in [5.74, 6) is -1.52. The summed E-state index contributed by atoms with van der Waals surface area (Å²) >= 11 is 0. The van der Waals surface area contributed by atoms with Crippen LogP contribution in [0.4, 0.5) is 0 Å². The van der Waals surface area contributed by atoms with Gasteiger partial charge in [-0.3, -0.25) is 9.59 Å². The summed E-state index contributed by atoms with van der Waals surface area (Å²) in [6.45, 7) is 4.64. The van der Waals surface area contributed by atoms with Crippen molar-refractivity contribution in [2.24, 2.45) is 0 Å². The standard InChI is InChI=1S/C44H79NO7/c1-6-8-10-12-14-16-17-18-19-20-21-22-23-24-25-27-29-31-33-35-43(47)52-40(38-50-37-36-41(44(48)49)45(3,4)5)39-51-42(46)34-32-30-28-26-15-13-11-9-7-2/h14,16-18,26,28,40-41H,6-13,15,19-25,27,29-39H2,1-5H3/p+1/b16-14+,18-17+,28-26+. The molecule has 0 rings (SSSR count). The molecule has 0 bridgehead atoms. The molecule has 0 aromatic carbocycles. The first-order valence-corrected chi connectivity index (χ1v) is 21.0. The highest BCUT2D eigenvalue weighted by atomic mass is 16.6. The Morgan fingerprint density at radius 1 is 0.577 bits per heavy atom. The average molecular weight is 735 g/mol. The molecule has 52 heavy (non-hydrogen) atoms. The zero-order valence-electron chi connectivity index (χ0n) is 34.3. The lowest BCUT2D eigenvalue weighted by atomic mass is 10.1. The van der Waals surface area contributed by atoms with Crippen molar-refractivity contribution in [1.29, 1.82) is 0 Å². The fraction of sp³-hybridized carbons (Fsp3) is 0.795. The van der Waals surface area contributed by atoms with Crippen molar-refractivity contribution < 1.29 is 38.2 Å². The van der Waals surface area contributed by atoms with E-state index in [2.05, 4.69) is 50.3 Å². The first kappa shape index (κ1) is 49.6. The van der Waals surface area contributed by atoms with E-state index in [9.17, 15) is 19.5 Å². The van der Waals surface area contributed by atoms with Gasteiger partial charge in [-0.1, -0.05) is 134 Å². The van der Waals surface area contributed by atoms with Crippen LogP contribution in [-0.2, 0) is 28.6 Å². The van der Waals surface area contributed by atoms with E-state index in [1.165, 1.54) is 103 Å². The van der Waals surface area contributed by atoms with E-state index in [0.717, 1.165) is 32.1 Å². The minimum atomic E-state index is -0.880. The molecule has 0 heterocycles. The van der Waals surface area contributed by atoms with E-state index in [0.29, 0.717) is 25.7 Å². The molecule has 0 amide bonds. The maximum atomic E-state index is 12.7. The first-order valence-electron chi connectivity index (χ1n) is 21.0. The maximum absolute atomic E-state index is 12.7. The van der Waals surface area contributed by atoms with E-state index in [1.54, 1.807) is 0 Å². The molecule has 0 saturated carbocycles. The summed E-state index contributed by atoms with van der Waals surface area (Å²) in [5, 5.41) is 9.59. The van der Waals surface area contributed by atoms with Gasteiger partial charge in [-0.25, -0.2) is 4.79 Å². The van der Waals surface area contributed by atoms with Crippen molar-refractivity contribution in [2.45, 2.75) is 187 Å². The first-order chi connectivity index (χ1) is 25.1. The minimum Gasteiger partial charge on any atom is -0.477 e. The quantitative estimate of drug-likeness (QED) is 0.0223. The van der Waals surface area contributed by atoms with Crippen molar-refractivity contribution in [1.82, 2.24) is 0 Å². The van der Waals surface area contributed by atoms with Gasteiger partial charge in [0.2, 0.25) is 0 Å². The number of esters is 2. The molecule has 0 fully saturated rings. The number of nitrogens with zero attached hydrogens (tertiary/aromatic N) is 1. The third-order valence-electron chi connectivity index (χ3n) is 9.29. The number of rotatable bonds is 37. The number of ether oxygens (including phenoxy) is 3. The van der Waals surface area contributed by atoms with Gasteiger partial charge in [0.1, 0.15) is 6.61 Å². The van der Waals surface area contributed by atoms with E-state index in [4.69, 9.17) is 14.2 Å². The minimum absolute atomic E-state index is 0.0521. The lowest BCUT2D eigenvalue weighted by molar-refractivity contribution is -0.887. The average Bonchev–Trinajstić information content (AvgIpc) is 3.09. The van der Waals surface area contributed by atoms with Crippen LogP contribution in [0.1, 0.15) is 174 Å². The number of aliphatic carboxylic acids is 1. The molecule has 0 saturated heterocycles. The lowest BCUT2D eigenvalue weighted by Gasteiger charge is -2.31. The Bertz CT molecular complexity index is 953. The number of allylic oxidation sites excluding steroid dienone is 6. The summed E-state index contributed by atoms with van der Waals surface area (Å²) in [4.78, 5) is 36.8. The number of hydrogen-bond acceptors (Lipinski definition) is 6. The number of quaternary nitrogens is 1. The highest BCUT2D eigenvalue weighted by Gasteiger charge is 2.31. The predicted octanol–water partition coefficient (Wildman–Crippen LogP) is 11.1. The van der Waals surface area contributed by atoms with Crippen LogP contribution < -0.4 is 0 Å². The predicted molar refractivity (Wildman–Crippen MR) is 215 cm³/mol. The number of unbranched alkanes of at least 4 members (excludes halogenated alkanes) is 18. The SMILES string of the molecule is CCCCC/C=C/C=C/CCCCCCCCCCCCC(=O)OC(COCCC(C(=O)O)[N+](C)(C)C)COC(=O)CCC/C=C/CCCCCC. The third-order valence-corrected chi connectivity index (χ3v) is 9.29. The molecule has 8 nitrogen and oxygen atoms in total. The highest BCUT2D eigenvalue weighted by Crippen LogP contribution is 2.14. The Hall–Kier alpha value is -2.45. The lowest BCUT2D eigenvalue weighted by Crippen LogP contribution is -2.50. The monoisotopic (exact) mass is 735 g/mol. The molecule has 302 valence electrons. The molecular formula is C44H80NO7+. The molecule has 2 unspecified atom stereocenters. The molecule has 0 aromatic heterocycles. The largest absolute Gasteiger partial charge is 0.477 e. The Balaban J connectivity index is 4.32. The van der Waals surface area contributed by atoms with Crippen LogP contribution in [0.25, 0.3) is 0 Å². The Morgan fingerprint density at radius 2 is 1.04 bits per heavy atom. The van der Waals surface area contributed by atoms with Gasteiger partial charge in [0.25, 0.3) is 0 Å². The van der Waals surface area contributed by atoms with Gasteiger partial charge >= 0.3 is 17.9 Å². The molecule has 0 aliphatic carbocycles. The summed E-state index contributed by atoms with van der Waals surface area (Å²) in [6.07, 6.45) is 39.1. The van der Waals surface area contributed by atoms with Crippen LogP contribution in [0, 0.1) is 0 Å². The normalized spacial score (nSPS) is 13.3. The number of hydrogen-bond donors (Lipinski definition) is 1. The third kappa shape index (κ3) is 33.4. The summed E-state index contributed by atoms with van der Waals surface area (Å²) in [6, 6.07) is -0.616. The van der Waals surface area contributed by atoms with Crippen LogP contribution >= 0.6 is 0 Å². The van der Waals surface area contributed by atoms with E-state index >= 15 is 0 Å². The number of carbonyl (C=O) groups is 3. The molecule has 0 aromatic rings. The fourth-order valence-corrected chi connectivity index (χ4v) is 5.97. The van der Waals surface area contributed by atoms with Crippen molar-refractivity contribution in [3.05, 3.63) is 36.5 Å². The van der Waals surface area contributed by atoms with Crippen LogP contribution in [0.5, 0.6) is 0 Å². The number of likely N-dealkylation sites (N-methyl/N-ethyl adjacent to an activating group) is 1.